The number of rotatable bonds is 15. The Labute approximate surface area is 466 Å². The van der Waals surface area contributed by atoms with Gasteiger partial charge in [0, 0.05) is 87.0 Å². The summed E-state index contributed by atoms with van der Waals surface area (Å²) in [7, 11) is -7.23. The zero-order valence-corrected chi connectivity index (χ0v) is 47.8. The molecule has 2 aromatic carbocycles. The van der Waals surface area contributed by atoms with E-state index in [-0.39, 0.29) is 65.9 Å². The molecule has 0 radical (unpaired) electrons. The monoisotopic (exact) mass is 1130 g/mol. The van der Waals surface area contributed by atoms with Crippen molar-refractivity contribution in [3.05, 3.63) is 106 Å². The summed E-state index contributed by atoms with van der Waals surface area (Å²) >= 11 is 0. The van der Waals surface area contributed by atoms with E-state index in [1.807, 2.05) is 63.2 Å². The number of nitrogens with two attached hydrogens (primary N) is 2. The number of nitrogens with zero attached hydrogens (tertiary/aromatic N) is 12. The number of carbonyl (C=O) groups excluding carboxylic acids is 2. The van der Waals surface area contributed by atoms with Gasteiger partial charge in [-0.2, -0.15) is 10.2 Å². The van der Waals surface area contributed by atoms with Crippen LogP contribution >= 0.6 is 0 Å². The number of benzene rings is 2. The average Bonchev–Trinajstić information content (AvgIpc) is 4.25. The van der Waals surface area contributed by atoms with Gasteiger partial charge in [0.15, 0.2) is 23.2 Å². The smallest absolute Gasteiger partial charge is 0.256 e. The van der Waals surface area contributed by atoms with Crippen LogP contribution in [0.1, 0.15) is 125 Å². The normalized spacial score (nSPS) is 20.5. The molecule has 10 rings (SSSR count). The molecule has 4 aromatic heterocycles. The lowest BCUT2D eigenvalue weighted by Crippen LogP contribution is -2.42. The topological polar surface area (TPSA) is 301 Å². The standard InChI is InChI=1S/C54H72N18O6S2/c1-7-36-15-17-42(66-80(6,77)78)40(25-36)52(74)70-21-11-9-13-46(70)44-27-48-62-50(35(4)29-72(48)64-44)68-23-19-38(31-68)60-54(56)58-32-57-53(55)59-37-18-22-67(30-37)49-34(3)28-71-47(61-49)26-43(63-71)45-12-8-10-20-69(45)51(73)39-24-33(2)14-16-41(39)65-79(5,75)76/h14-17,24-29,37-38,45-46,65-66H,7-13,18-23,30-32H2,1-6H3,(H3,55,57,59)(H3,56,58,60). The number of nitrogens with one attached hydrogen (secondary N) is 4. The lowest BCUT2D eigenvalue weighted by Gasteiger charge is -2.35. The molecule has 0 bridgehead atoms. The number of piperidine rings is 2. The highest BCUT2D eigenvalue weighted by Crippen LogP contribution is 2.37. The molecule has 0 saturated carbocycles. The fourth-order valence-corrected chi connectivity index (χ4v) is 12.7. The maximum absolute atomic E-state index is 14.3. The quantitative estimate of drug-likeness (QED) is 0.0615. The fraction of sp³-hybridized carbons (Fsp3) is 0.481. The number of hydrogen-bond acceptors (Lipinski definition) is 14. The van der Waals surface area contributed by atoms with Crippen LogP contribution in [0.4, 0.5) is 23.0 Å². The Hall–Kier alpha value is -7.74. The van der Waals surface area contributed by atoms with Gasteiger partial charge in [0.25, 0.3) is 11.8 Å². The van der Waals surface area contributed by atoms with Gasteiger partial charge >= 0.3 is 0 Å². The molecule has 26 heteroatoms. The van der Waals surface area contributed by atoms with E-state index in [0.717, 1.165) is 122 Å². The van der Waals surface area contributed by atoms with Crippen molar-refractivity contribution < 1.29 is 26.4 Å². The summed E-state index contributed by atoms with van der Waals surface area (Å²) in [5.41, 5.74) is 20.4. The van der Waals surface area contributed by atoms with E-state index in [1.54, 1.807) is 44.3 Å². The summed E-state index contributed by atoms with van der Waals surface area (Å²) in [6, 6.07) is 13.7. The number of hydrogen-bond donors (Lipinski definition) is 6. The van der Waals surface area contributed by atoms with Gasteiger partial charge in [-0.25, -0.2) is 45.8 Å². The molecule has 4 atom stereocenters. The third kappa shape index (κ3) is 12.5. The van der Waals surface area contributed by atoms with Crippen LogP contribution in [0.25, 0.3) is 11.3 Å². The molecule has 2 amide bonds. The number of fused-ring (bicyclic) bond motifs is 2. The number of aliphatic imine (C=N–C) groups is 2. The Morgan fingerprint density at radius 1 is 0.625 bits per heavy atom. The summed E-state index contributed by atoms with van der Waals surface area (Å²) in [4.78, 5) is 55.5. The first-order chi connectivity index (χ1) is 38.2. The lowest BCUT2D eigenvalue weighted by molar-refractivity contribution is 0.0599. The summed E-state index contributed by atoms with van der Waals surface area (Å²) in [5, 5.41) is 16.5. The van der Waals surface area contributed by atoms with Crippen LogP contribution in [0, 0.1) is 20.8 Å². The molecule has 0 spiro atoms. The molecular weight excluding hydrogens is 1060 g/mol. The molecule has 6 aromatic rings. The summed E-state index contributed by atoms with van der Waals surface area (Å²) in [6.45, 7) is 11.7. The van der Waals surface area contributed by atoms with Gasteiger partial charge in [0.05, 0.1) is 58.5 Å². The van der Waals surface area contributed by atoms with E-state index < -0.39 is 20.0 Å². The first kappa shape index (κ1) is 55.6. The second kappa shape index (κ2) is 22.8. The molecule has 8 N–H and O–H groups in total. The Balaban J connectivity index is 0.730. The van der Waals surface area contributed by atoms with E-state index in [2.05, 4.69) is 39.9 Å². The second-order valence-electron chi connectivity index (χ2n) is 21.7. The molecular formula is C54H72N18O6S2. The van der Waals surface area contributed by atoms with Crippen molar-refractivity contribution in [2.24, 2.45) is 21.5 Å². The molecule has 0 aliphatic carbocycles. The average molecular weight is 1130 g/mol. The zero-order valence-electron chi connectivity index (χ0n) is 46.2. The predicted octanol–water partition coefficient (Wildman–Crippen LogP) is 4.36. The van der Waals surface area contributed by atoms with Crippen molar-refractivity contribution in [2.45, 2.75) is 110 Å². The third-order valence-corrected chi connectivity index (χ3v) is 16.5. The molecule has 8 heterocycles. The Kier molecular flexibility index (Phi) is 15.8. The first-order valence-corrected chi connectivity index (χ1v) is 31.1. The number of anilines is 4. The van der Waals surface area contributed by atoms with Crippen LogP contribution in [0.3, 0.4) is 0 Å². The van der Waals surface area contributed by atoms with Crippen LogP contribution in [0.2, 0.25) is 0 Å². The van der Waals surface area contributed by atoms with Crippen molar-refractivity contribution in [1.29, 1.82) is 0 Å². The molecule has 4 aliphatic rings. The number of sulfonamides is 2. The van der Waals surface area contributed by atoms with Gasteiger partial charge in [-0.05, 0) is 108 Å². The number of likely N-dealkylation sites (tertiary alicyclic amines) is 2. The Morgan fingerprint density at radius 2 is 1.09 bits per heavy atom. The molecule has 80 heavy (non-hydrogen) atoms. The number of aromatic nitrogens is 6. The molecule has 4 unspecified atom stereocenters. The van der Waals surface area contributed by atoms with E-state index in [9.17, 15) is 26.4 Å². The number of aryl methyl sites for hydroxylation is 4. The van der Waals surface area contributed by atoms with Gasteiger partial charge in [-0.3, -0.25) is 19.0 Å². The molecule has 4 fully saturated rings. The van der Waals surface area contributed by atoms with Crippen molar-refractivity contribution >= 4 is 78.1 Å². The molecule has 4 aliphatic heterocycles. The maximum Gasteiger partial charge on any atom is 0.256 e. The second-order valence-corrected chi connectivity index (χ2v) is 25.2. The van der Waals surface area contributed by atoms with Crippen molar-refractivity contribution in [3.63, 3.8) is 0 Å². The van der Waals surface area contributed by atoms with Gasteiger partial charge < -0.3 is 41.7 Å². The highest BCUT2D eigenvalue weighted by Gasteiger charge is 2.35. The van der Waals surface area contributed by atoms with Crippen LogP contribution in [0.5, 0.6) is 0 Å². The highest BCUT2D eigenvalue weighted by molar-refractivity contribution is 7.92. The van der Waals surface area contributed by atoms with E-state index in [4.69, 9.17) is 31.6 Å². The highest BCUT2D eigenvalue weighted by atomic mass is 32.2. The third-order valence-electron chi connectivity index (χ3n) is 15.3. The number of amides is 2. The SMILES string of the molecule is CCc1ccc(NS(C)(=O)=O)c(C(=O)N2CCCCC2c2cc3nc(N4CCC(N/C(N)=N/C/N=C(\N)NC5CCN(c6nc7cc(C8CCCCN8C(=O)c8cc(C)ccc8NS(C)(=O)=O)nn7cc6C)C5)C4)c(C)cn3n2)c1. The van der Waals surface area contributed by atoms with E-state index >= 15 is 0 Å². The zero-order chi connectivity index (χ0) is 56.6. The predicted molar refractivity (Wildman–Crippen MR) is 310 cm³/mol. The molecule has 4 saturated heterocycles. The Morgan fingerprint density at radius 3 is 1.55 bits per heavy atom. The van der Waals surface area contributed by atoms with Crippen molar-refractivity contribution in [2.75, 3.05) is 77.7 Å². The largest absolute Gasteiger partial charge is 0.370 e. The summed E-state index contributed by atoms with van der Waals surface area (Å²) in [5.74, 6) is 1.71. The minimum absolute atomic E-state index is 0.0119. The van der Waals surface area contributed by atoms with Crippen LogP contribution in [-0.2, 0) is 26.5 Å². The van der Waals surface area contributed by atoms with E-state index in [1.165, 1.54) is 0 Å². The van der Waals surface area contributed by atoms with Crippen LogP contribution < -0.4 is 41.3 Å². The van der Waals surface area contributed by atoms with Gasteiger partial charge in [0.2, 0.25) is 20.0 Å². The summed E-state index contributed by atoms with van der Waals surface area (Å²) < 4.78 is 57.5. The molecule has 24 nitrogen and oxygen atoms in total. The van der Waals surface area contributed by atoms with E-state index in [0.29, 0.717) is 55.0 Å². The summed E-state index contributed by atoms with van der Waals surface area (Å²) in [6.07, 6.45) is 13.3. The lowest BCUT2D eigenvalue weighted by atomic mass is 9.97. The van der Waals surface area contributed by atoms with Crippen LogP contribution in [-0.4, -0.2) is 150 Å². The number of guanidine groups is 2. The van der Waals surface area contributed by atoms with Crippen molar-refractivity contribution in [1.82, 2.24) is 49.6 Å². The van der Waals surface area contributed by atoms with Gasteiger partial charge in [0.1, 0.15) is 18.3 Å². The van der Waals surface area contributed by atoms with Crippen molar-refractivity contribution in [3.8, 4) is 0 Å². The number of carbonyl (C=O) groups is 2. The fourth-order valence-electron chi connectivity index (χ4n) is 11.5. The Bertz CT molecular complexity index is 3640. The minimum Gasteiger partial charge on any atom is -0.370 e. The van der Waals surface area contributed by atoms with Crippen LogP contribution in [0.15, 0.2) is 70.9 Å². The minimum atomic E-state index is -3.62. The van der Waals surface area contributed by atoms with Gasteiger partial charge in [-0.15, -0.1) is 0 Å². The van der Waals surface area contributed by atoms with Gasteiger partial charge in [-0.1, -0.05) is 24.6 Å². The molecule has 426 valence electrons. The maximum atomic E-state index is 14.3. The first-order valence-electron chi connectivity index (χ1n) is 27.3.